The van der Waals surface area contributed by atoms with E-state index in [1.54, 1.807) is 30.3 Å². The SMILES string of the molecule is CCOc1cc(/C=C(\C#N)C(=O)Nc2ccc(C)c(Cl)c2)cc(Cl)c1OCc1cc(C)cc(C)c1. The highest BCUT2D eigenvalue weighted by Gasteiger charge is 2.15. The molecule has 1 amide bonds. The van der Waals surface area contributed by atoms with Gasteiger partial charge in [-0.15, -0.1) is 0 Å². The molecular weight excluding hydrogens is 483 g/mol. The molecular formula is C28H26Cl2N2O3. The first kappa shape index (κ1) is 26.2. The number of aryl methyl sites for hydroxylation is 3. The molecule has 3 aromatic rings. The Bertz CT molecular complexity index is 1310. The summed E-state index contributed by atoms with van der Waals surface area (Å²) in [6.45, 7) is 8.50. The number of carbonyl (C=O) groups excluding carboxylic acids is 1. The van der Waals surface area contributed by atoms with Crippen molar-refractivity contribution < 1.29 is 14.3 Å². The number of hydrogen-bond acceptors (Lipinski definition) is 4. The number of benzene rings is 3. The number of nitrogens with one attached hydrogen (secondary N) is 1. The van der Waals surface area contributed by atoms with Crippen molar-refractivity contribution in [3.8, 4) is 17.6 Å². The van der Waals surface area contributed by atoms with E-state index >= 15 is 0 Å². The van der Waals surface area contributed by atoms with Crippen molar-refractivity contribution in [2.24, 2.45) is 0 Å². The minimum absolute atomic E-state index is 0.0934. The summed E-state index contributed by atoms with van der Waals surface area (Å²) in [4.78, 5) is 12.7. The Morgan fingerprint density at radius 1 is 1.00 bits per heavy atom. The Hall–Kier alpha value is -3.46. The number of nitrogens with zero attached hydrogens (tertiary/aromatic N) is 1. The maximum atomic E-state index is 12.7. The monoisotopic (exact) mass is 508 g/mol. The van der Waals surface area contributed by atoms with Gasteiger partial charge in [-0.25, -0.2) is 0 Å². The van der Waals surface area contributed by atoms with E-state index in [0.717, 1.165) is 22.3 Å². The molecule has 0 fully saturated rings. The van der Waals surface area contributed by atoms with Gasteiger partial charge in [0.05, 0.1) is 11.6 Å². The van der Waals surface area contributed by atoms with Gasteiger partial charge in [0.15, 0.2) is 11.5 Å². The molecule has 3 aromatic carbocycles. The third-order valence-corrected chi connectivity index (χ3v) is 5.79. The topological polar surface area (TPSA) is 71.3 Å². The van der Waals surface area contributed by atoms with E-state index in [1.165, 1.54) is 6.08 Å². The van der Waals surface area contributed by atoms with E-state index in [1.807, 2.05) is 33.8 Å². The molecule has 0 heterocycles. The highest BCUT2D eigenvalue weighted by molar-refractivity contribution is 6.32. The van der Waals surface area contributed by atoms with E-state index in [4.69, 9.17) is 32.7 Å². The van der Waals surface area contributed by atoms with Gasteiger partial charge in [0.25, 0.3) is 5.91 Å². The molecule has 5 nitrogen and oxygen atoms in total. The summed E-state index contributed by atoms with van der Waals surface area (Å²) in [5.74, 6) is 0.275. The van der Waals surface area contributed by atoms with Gasteiger partial charge in [-0.2, -0.15) is 5.26 Å². The van der Waals surface area contributed by atoms with Crippen molar-refractivity contribution in [1.82, 2.24) is 0 Å². The third kappa shape index (κ3) is 7.02. The van der Waals surface area contributed by atoms with Crippen LogP contribution in [0.25, 0.3) is 6.08 Å². The van der Waals surface area contributed by atoms with E-state index in [9.17, 15) is 10.1 Å². The second-order valence-corrected chi connectivity index (χ2v) is 8.95. The summed E-state index contributed by atoms with van der Waals surface area (Å²) in [5.41, 5.74) is 5.14. The van der Waals surface area contributed by atoms with Gasteiger partial charge in [-0.1, -0.05) is 58.6 Å². The van der Waals surface area contributed by atoms with Gasteiger partial charge in [0.1, 0.15) is 18.2 Å². The summed E-state index contributed by atoms with van der Waals surface area (Å²) < 4.78 is 11.8. The highest BCUT2D eigenvalue weighted by Crippen LogP contribution is 2.38. The lowest BCUT2D eigenvalue weighted by Gasteiger charge is -2.15. The van der Waals surface area contributed by atoms with Gasteiger partial charge >= 0.3 is 0 Å². The van der Waals surface area contributed by atoms with Crippen molar-refractivity contribution in [1.29, 1.82) is 5.26 Å². The minimum atomic E-state index is -0.559. The summed E-state index contributed by atoms with van der Waals surface area (Å²) in [6.07, 6.45) is 1.45. The third-order valence-electron chi connectivity index (χ3n) is 5.10. The van der Waals surface area contributed by atoms with Crippen LogP contribution in [-0.2, 0) is 11.4 Å². The molecule has 0 atom stereocenters. The minimum Gasteiger partial charge on any atom is -0.490 e. The van der Waals surface area contributed by atoms with Crippen LogP contribution in [0.5, 0.6) is 11.5 Å². The number of halogens is 2. The lowest BCUT2D eigenvalue weighted by atomic mass is 10.1. The lowest BCUT2D eigenvalue weighted by molar-refractivity contribution is -0.112. The molecule has 180 valence electrons. The van der Waals surface area contributed by atoms with Gasteiger partial charge in [-0.05, 0) is 74.7 Å². The molecule has 0 saturated heterocycles. The fourth-order valence-corrected chi connectivity index (χ4v) is 4.02. The molecule has 3 rings (SSSR count). The Morgan fingerprint density at radius 2 is 1.71 bits per heavy atom. The number of hydrogen-bond donors (Lipinski definition) is 1. The molecule has 1 N–H and O–H groups in total. The van der Waals surface area contributed by atoms with Crippen LogP contribution in [0.4, 0.5) is 5.69 Å². The fourth-order valence-electron chi connectivity index (χ4n) is 3.57. The first-order valence-corrected chi connectivity index (χ1v) is 11.8. The van der Waals surface area contributed by atoms with Crippen LogP contribution >= 0.6 is 23.2 Å². The molecule has 0 unspecified atom stereocenters. The molecule has 0 bridgehead atoms. The number of nitriles is 1. The van der Waals surface area contributed by atoms with Crippen LogP contribution in [-0.4, -0.2) is 12.5 Å². The van der Waals surface area contributed by atoms with Crippen molar-refractivity contribution in [2.45, 2.75) is 34.3 Å². The normalized spacial score (nSPS) is 11.1. The van der Waals surface area contributed by atoms with Crippen molar-refractivity contribution >= 4 is 40.9 Å². The lowest BCUT2D eigenvalue weighted by Crippen LogP contribution is -2.13. The molecule has 0 radical (unpaired) electrons. The molecule has 0 aliphatic heterocycles. The number of ether oxygens (including phenoxy) is 2. The zero-order valence-electron chi connectivity index (χ0n) is 20.0. The van der Waals surface area contributed by atoms with Crippen LogP contribution in [0, 0.1) is 32.1 Å². The number of carbonyl (C=O) groups is 1. The van der Waals surface area contributed by atoms with E-state index in [0.29, 0.717) is 46.0 Å². The average molecular weight is 509 g/mol. The second-order valence-electron chi connectivity index (χ2n) is 8.14. The molecule has 7 heteroatoms. The Kier molecular flexibility index (Phi) is 8.81. The predicted molar refractivity (Wildman–Crippen MR) is 141 cm³/mol. The van der Waals surface area contributed by atoms with Crippen LogP contribution in [0.15, 0.2) is 54.1 Å². The second kappa shape index (κ2) is 11.8. The molecule has 0 aliphatic carbocycles. The van der Waals surface area contributed by atoms with Crippen LogP contribution in [0.1, 0.15) is 34.7 Å². The summed E-state index contributed by atoms with van der Waals surface area (Å²) >= 11 is 12.7. The maximum Gasteiger partial charge on any atom is 0.266 e. The average Bonchev–Trinajstić information content (AvgIpc) is 2.79. The number of rotatable bonds is 8. The molecule has 0 aliphatic rings. The summed E-state index contributed by atoms with van der Waals surface area (Å²) in [6, 6.07) is 16.6. The summed E-state index contributed by atoms with van der Waals surface area (Å²) in [5, 5.41) is 13.1. The molecule has 0 spiro atoms. The predicted octanol–water partition coefficient (Wildman–Crippen LogP) is 7.44. The van der Waals surface area contributed by atoms with E-state index in [2.05, 4.69) is 23.5 Å². The highest BCUT2D eigenvalue weighted by atomic mass is 35.5. The number of anilines is 1. The van der Waals surface area contributed by atoms with Crippen molar-refractivity contribution in [3.05, 3.63) is 92.0 Å². The van der Waals surface area contributed by atoms with Gasteiger partial charge in [0, 0.05) is 10.7 Å². The van der Waals surface area contributed by atoms with E-state index < -0.39 is 5.91 Å². The van der Waals surface area contributed by atoms with E-state index in [-0.39, 0.29) is 5.57 Å². The number of amides is 1. The largest absolute Gasteiger partial charge is 0.490 e. The fraction of sp³-hybridized carbons (Fsp3) is 0.214. The smallest absolute Gasteiger partial charge is 0.266 e. The van der Waals surface area contributed by atoms with Gasteiger partial charge < -0.3 is 14.8 Å². The molecule has 0 saturated carbocycles. The maximum absolute atomic E-state index is 12.7. The Labute approximate surface area is 215 Å². The first-order chi connectivity index (χ1) is 16.7. The zero-order chi connectivity index (χ0) is 25.5. The summed E-state index contributed by atoms with van der Waals surface area (Å²) in [7, 11) is 0. The standard InChI is InChI=1S/C28H26Cl2N2O3/c1-5-34-26-13-20(11-22(15-31)28(33)32-23-7-6-19(4)24(29)14-23)12-25(30)27(26)35-16-21-9-17(2)8-18(3)10-21/h6-14H,5,16H2,1-4H3,(H,32,33)/b22-11+. The van der Waals surface area contributed by atoms with Crippen LogP contribution in [0.3, 0.4) is 0 Å². The molecule has 0 aromatic heterocycles. The zero-order valence-corrected chi connectivity index (χ0v) is 21.6. The Balaban J connectivity index is 1.85. The van der Waals surface area contributed by atoms with Gasteiger partial charge in [-0.3, -0.25) is 4.79 Å². The van der Waals surface area contributed by atoms with Crippen LogP contribution < -0.4 is 14.8 Å². The van der Waals surface area contributed by atoms with Gasteiger partial charge in [0.2, 0.25) is 0 Å². The Morgan fingerprint density at radius 3 is 2.34 bits per heavy atom. The van der Waals surface area contributed by atoms with Crippen molar-refractivity contribution in [2.75, 3.05) is 11.9 Å². The molecule has 35 heavy (non-hydrogen) atoms. The van der Waals surface area contributed by atoms with Crippen LogP contribution in [0.2, 0.25) is 10.0 Å². The quantitative estimate of drug-likeness (QED) is 0.253. The van der Waals surface area contributed by atoms with Crippen molar-refractivity contribution in [3.63, 3.8) is 0 Å². The first-order valence-electron chi connectivity index (χ1n) is 11.1.